The van der Waals surface area contributed by atoms with E-state index >= 15 is 0 Å². The Kier molecular flexibility index (Phi) is 5.92. The van der Waals surface area contributed by atoms with Crippen LogP contribution in [0, 0.1) is 11.7 Å². The van der Waals surface area contributed by atoms with Crippen LogP contribution in [-0.4, -0.2) is 42.5 Å². The molecule has 6 nitrogen and oxygen atoms in total. The summed E-state index contributed by atoms with van der Waals surface area (Å²) in [4.78, 5) is 25.8. The number of nitrogens with two attached hydrogens (primary N) is 1. The second-order valence-corrected chi connectivity index (χ2v) is 5.84. The third-order valence-corrected chi connectivity index (χ3v) is 4.02. The quantitative estimate of drug-likeness (QED) is 0.785. The van der Waals surface area contributed by atoms with E-state index in [0.717, 1.165) is 0 Å². The summed E-state index contributed by atoms with van der Waals surface area (Å²) in [7, 11) is 0. The number of nitrogens with one attached hydrogen (secondary N) is 2. The second kappa shape index (κ2) is 7.92. The van der Waals surface area contributed by atoms with Crippen molar-refractivity contribution in [2.75, 3.05) is 25.0 Å². The largest absolute Gasteiger partial charge is 0.342 e. The smallest absolute Gasteiger partial charge is 0.319 e. The first-order valence-electron chi connectivity index (χ1n) is 7.81. The SMILES string of the molecule is CC(CN)C(=O)N1CCC(NC(=O)Nc2ccc(F)cc2)CC1. The number of benzene rings is 1. The van der Waals surface area contributed by atoms with Gasteiger partial charge in [0.25, 0.3) is 0 Å². The first kappa shape index (κ1) is 17.2. The molecule has 2 rings (SSSR count). The van der Waals surface area contributed by atoms with Crippen molar-refractivity contribution in [3.63, 3.8) is 0 Å². The van der Waals surface area contributed by atoms with Gasteiger partial charge in [-0.25, -0.2) is 9.18 Å². The molecule has 0 aromatic heterocycles. The van der Waals surface area contributed by atoms with Crippen LogP contribution >= 0.6 is 0 Å². The lowest BCUT2D eigenvalue weighted by Crippen LogP contribution is -2.49. The van der Waals surface area contributed by atoms with Gasteiger partial charge in [-0.05, 0) is 37.1 Å². The molecular weight excluding hydrogens is 299 g/mol. The van der Waals surface area contributed by atoms with Gasteiger partial charge in [-0.15, -0.1) is 0 Å². The van der Waals surface area contributed by atoms with Gasteiger partial charge in [-0.3, -0.25) is 4.79 Å². The zero-order valence-corrected chi connectivity index (χ0v) is 13.2. The summed E-state index contributed by atoms with van der Waals surface area (Å²) < 4.78 is 12.8. The van der Waals surface area contributed by atoms with Gasteiger partial charge in [-0.2, -0.15) is 0 Å². The number of likely N-dealkylation sites (tertiary alicyclic amines) is 1. The number of halogens is 1. The fraction of sp³-hybridized carbons (Fsp3) is 0.500. The average molecular weight is 322 g/mol. The number of hydrogen-bond acceptors (Lipinski definition) is 3. The topological polar surface area (TPSA) is 87.5 Å². The van der Waals surface area contributed by atoms with Crippen LogP contribution in [0.15, 0.2) is 24.3 Å². The number of carbonyl (C=O) groups is 2. The van der Waals surface area contributed by atoms with Gasteiger partial charge in [0, 0.05) is 37.3 Å². The van der Waals surface area contributed by atoms with Crippen LogP contribution in [0.1, 0.15) is 19.8 Å². The molecule has 1 aliphatic heterocycles. The molecule has 0 saturated carbocycles. The summed E-state index contributed by atoms with van der Waals surface area (Å²) in [5, 5.41) is 5.54. The number of rotatable bonds is 4. The molecule has 1 saturated heterocycles. The van der Waals surface area contributed by atoms with Crippen LogP contribution in [0.25, 0.3) is 0 Å². The molecule has 0 spiro atoms. The van der Waals surface area contributed by atoms with Gasteiger partial charge in [-0.1, -0.05) is 6.92 Å². The number of piperidine rings is 1. The number of amides is 3. The minimum Gasteiger partial charge on any atom is -0.342 e. The maximum absolute atomic E-state index is 12.8. The van der Waals surface area contributed by atoms with Crippen LogP contribution in [-0.2, 0) is 4.79 Å². The average Bonchev–Trinajstić information content (AvgIpc) is 2.56. The highest BCUT2D eigenvalue weighted by Gasteiger charge is 2.26. The molecule has 1 heterocycles. The number of carbonyl (C=O) groups excluding carboxylic acids is 2. The van der Waals surface area contributed by atoms with E-state index in [4.69, 9.17) is 5.73 Å². The van der Waals surface area contributed by atoms with Crippen LogP contribution < -0.4 is 16.4 Å². The number of nitrogens with zero attached hydrogens (tertiary/aromatic N) is 1. The maximum atomic E-state index is 12.8. The lowest BCUT2D eigenvalue weighted by molar-refractivity contribution is -0.135. The fourth-order valence-corrected chi connectivity index (χ4v) is 2.54. The molecule has 7 heteroatoms. The van der Waals surface area contributed by atoms with E-state index in [0.29, 0.717) is 38.2 Å². The number of urea groups is 1. The fourth-order valence-electron chi connectivity index (χ4n) is 2.54. The van der Waals surface area contributed by atoms with Gasteiger partial charge in [0.15, 0.2) is 0 Å². The molecule has 1 atom stereocenters. The number of hydrogen-bond donors (Lipinski definition) is 3. The van der Waals surface area contributed by atoms with Gasteiger partial charge in [0.05, 0.1) is 0 Å². The predicted molar refractivity (Wildman–Crippen MR) is 86.4 cm³/mol. The summed E-state index contributed by atoms with van der Waals surface area (Å²) in [5.74, 6) is -0.442. The predicted octanol–water partition coefficient (Wildman–Crippen LogP) is 1.53. The van der Waals surface area contributed by atoms with Crippen LogP contribution in [0.5, 0.6) is 0 Å². The van der Waals surface area contributed by atoms with Gasteiger partial charge < -0.3 is 21.3 Å². The molecule has 1 fully saturated rings. The Hall–Kier alpha value is -2.15. The Balaban J connectivity index is 1.76. The minimum absolute atomic E-state index is 0.0210. The van der Waals surface area contributed by atoms with E-state index in [2.05, 4.69) is 10.6 Å². The first-order valence-corrected chi connectivity index (χ1v) is 7.81. The second-order valence-electron chi connectivity index (χ2n) is 5.84. The Morgan fingerprint density at radius 2 is 1.91 bits per heavy atom. The molecule has 1 aromatic carbocycles. The van der Waals surface area contributed by atoms with E-state index in [-0.39, 0.29) is 29.7 Å². The van der Waals surface area contributed by atoms with E-state index in [1.165, 1.54) is 24.3 Å². The lowest BCUT2D eigenvalue weighted by atomic mass is 10.0. The van der Waals surface area contributed by atoms with Gasteiger partial charge in [0.2, 0.25) is 5.91 Å². The summed E-state index contributed by atoms with van der Waals surface area (Å²) in [6, 6.07) is 5.29. The standard InChI is InChI=1S/C16H23FN4O2/c1-11(10-18)15(22)21-8-6-14(7-9-21)20-16(23)19-13-4-2-12(17)3-5-13/h2-5,11,14H,6-10,18H2,1H3,(H2,19,20,23). The van der Waals surface area contributed by atoms with Gasteiger partial charge >= 0.3 is 6.03 Å². The normalized spacial score (nSPS) is 16.7. The highest BCUT2D eigenvalue weighted by Crippen LogP contribution is 2.14. The highest BCUT2D eigenvalue weighted by molar-refractivity contribution is 5.89. The maximum Gasteiger partial charge on any atom is 0.319 e. The van der Waals surface area contributed by atoms with Crippen molar-refractivity contribution >= 4 is 17.6 Å². The van der Waals surface area contributed by atoms with Crippen molar-refractivity contribution in [2.24, 2.45) is 11.7 Å². The van der Waals surface area contributed by atoms with Crippen molar-refractivity contribution < 1.29 is 14.0 Å². The molecule has 0 aliphatic carbocycles. The van der Waals surface area contributed by atoms with Crippen molar-refractivity contribution in [2.45, 2.75) is 25.8 Å². The van der Waals surface area contributed by atoms with E-state index in [1.807, 2.05) is 6.92 Å². The summed E-state index contributed by atoms with van der Waals surface area (Å²) in [6.45, 7) is 3.40. The molecule has 4 N–H and O–H groups in total. The van der Waals surface area contributed by atoms with Crippen molar-refractivity contribution in [3.05, 3.63) is 30.1 Å². The van der Waals surface area contributed by atoms with Crippen LogP contribution in [0.2, 0.25) is 0 Å². The third kappa shape index (κ3) is 4.92. The van der Waals surface area contributed by atoms with E-state index < -0.39 is 0 Å². The summed E-state index contributed by atoms with van der Waals surface area (Å²) in [6.07, 6.45) is 1.42. The first-order chi connectivity index (χ1) is 11.0. The molecule has 126 valence electrons. The van der Waals surface area contributed by atoms with E-state index in [9.17, 15) is 14.0 Å². The Labute approximate surface area is 135 Å². The summed E-state index contributed by atoms with van der Waals surface area (Å²) >= 11 is 0. The number of anilines is 1. The molecule has 1 unspecified atom stereocenters. The zero-order valence-electron chi connectivity index (χ0n) is 13.2. The summed E-state index contributed by atoms with van der Waals surface area (Å²) in [5.41, 5.74) is 6.05. The molecular formula is C16H23FN4O2. The molecule has 1 aliphatic rings. The van der Waals surface area contributed by atoms with E-state index in [1.54, 1.807) is 4.90 Å². The molecule has 23 heavy (non-hydrogen) atoms. The van der Waals surface area contributed by atoms with Crippen LogP contribution in [0.3, 0.4) is 0 Å². The van der Waals surface area contributed by atoms with Gasteiger partial charge in [0.1, 0.15) is 5.82 Å². The minimum atomic E-state index is -0.347. The van der Waals surface area contributed by atoms with Crippen molar-refractivity contribution in [3.8, 4) is 0 Å². The molecule has 0 bridgehead atoms. The third-order valence-electron chi connectivity index (χ3n) is 4.02. The lowest BCUT2D eigenvalue weighted by Gasteiger charge is -2.33. The zero-order chi connectivity index (χ0) is 16.8. The monoisotopic (exact) mass is 322 g/mol. The van der Waals surface area contributed by atoms with Crippen molar-refractivity contribution in [1.82, 2.24) is 10.2 Å². The molecule has 3 amide bonds. The molecule has 1 aromatic rings. The Bertz CT molecular complexity index is 542. The molecule has 0 radical (unpaired) electrons. The van der Waals surface area contributed by atoms with Crippen molar-refractivity contribution in [1.29, 1.82) is 0 Å². The van der Waals surface area contributed by atoms with Crippen LogP contribution in [0.4, 0.5) is 14.9 Å². The highest BCUT2D eigenvalue weighted by atomic mass is 19.1. The Morgan fingerprint density at radius 1 is 1.30 bits per heavy atom. The Morgan fingerprint density at radius 3 is 2.48 bits per heavy atom.